The fourth-order valence-electron chi connectivity index (χ4n) is 4.23. The second kappa shape index (κ2) is 6.20. The number of rotatable bonds is 1. The van der Waals surface area contributed by atoms with Gasteiger partial charge in [-0.2, -0.15) is 0 Å². The van der Waals surface area contributed by atoms with E-state index in [9.17, 15) is 4.79 Å². The molecule has 0 bridgehead atoms. The molecule has 128 valence electrons. The zero-order chi connectivity index (χ0) is 17.7. The highest BCUT2D eigenvalue weighted by Crippen LogP contribution is 2.48. The van der Waals surface area contributed by atoms with Crippen molar-refractivity contribution < 1.29 is 4.79 Å². The molecule has 2 aliphatic rings. The number of nitrogens with zero attached hydrogens (tertiary/aromatic N) is 1. The van der Waals surface area contributed by atoms with Gasteiger partial charge < -0.3 is 5.32 Å². The highest BCUT2D eigenvalue weighted by molar-refractivity contribution is 14.1. The Bertz CT molecular complexity index is 1090. The number of ketones is 1. The van der Waals surface area contributed by atoms with Crippen molar-refractivity contribution in [3.8, 4) is 0 Å². The van der Waals surface area contributed by atoms with Crippen molar-refractivity contribution in [3.63, 3.8) is 0 Å². The van der Waals surface area contributed by atoms with Gasteiger partial charge in [0.1, 0.15) is 0 Å². The molecule has 0 fully saturated rings. The van der Waals surface area contributed by atoms with Gasteiger partial charge in [-0.1, -0.05) is 24.3 Å². The van der Waals surface area contributed by atoms with Crippen LogP contribution in [-0.2, 0) is 4.79 Å². The van der Waals surface area contributed by atoms with E-state index in [2.05, 4.69) is 63.2 Å². The van der Waals surface area contributed by atoms with Crippen LogP contribution in [0.15, 0.2) is 60.3 Å². The minimum Gasteiger partial charge on any atom is -0.373 e. The van der Waals surface area contributed by atoms with E-state index in [0.717, 1.165) is 35.0 Å². The molecule has 2 heterocycles. The van der Waals surface area contributed by atoms with Gasteiger partial charge >= 0.3 is 0 Å². The molecule has 3 nitrogen and oxygen atoms in total. The normalized spacial score (nSPS) is 19.1. The first-order valence-corrected chi connectivity index (χ1v) is 9.97. The summed E-state index contributed by atoms with van der Waals surface area (Å²) in [5.41, 5.74) is 6.57. The molecule has 1 aliphatic heterocycles. The summed E-state index contributed by atoms with van der Waals surface area (Å²) in [6.07, 6.45) is 4.33. The van der Waals surface area contributed by atoms with E-state index >= 15 is 0 Å². The third-order valence-corrected chi connectivity index (χ3v) is 6.33. The molecule has 5 rings (SSSR count). The Morgan fingerprint density at radius 1 is 1.04 bits per heavy atom. The van der Waals surface area contributed by atoms with E-state index < -0.39 is 0 Å². The Kier molecular flexibility index (Phi) is 3.81. The molecule has 4 heteroatoms. The molecule has 0 spiro atoms. The quantitative estimate of drug-likeness (QED) is 0.495. The smallest absolute Gasteiger partial charge is 0.161 e. The Labute approximate surface area is 165 Å². The number of halogens is 1. The zero-order valence-electron chi connectivity index (χ0n) is 14.1. The molecule has 3 aromatic rings. The number of hydrogen-bond donors (Lipinski definition) is 1. The standard InChI is InChI=1S/C22H17IN2O/c23-16-8-2-1-5-13(16)22-21-15(6-3-9-19(21)26)20-14-7-4-12-24-17(14)10-11-18(20)25-22/h1-2,4-5,7-8,10-12,22,25H,3,6,9H2/t22-/m1/s1. The summed E-state index contributed by atoms with van der Waals surface area (Å²) in [5.74, 6) is 0.273. The molecule has 0 saturated carbocycles. The summed E-state index contributed by atoms with van der Waals surface area (Å²) in [5, 5.41) is 4.79. The van der Waals surface area contributed by atoms with Crippen molar-refractivity contribution in [2.45, 2.75) is 25.3 Å². The van der Waals surface area contributed by atoms with Gasteiger partial charge in [-0.05, 0) is 70.8 Å². The Hall–Kier alpha value is -2.21. The zero-order valence-corrected chi connectivity index (χ0v) is 16.3. The first kappa shape index (κ1) is 16.0. The molecular formula is C22H17IN2O. The van der Waals surface area contributed by atoms with Crippen molar-refractivity contribution in [2.75, 3.05) is 5.32 Å². The molecule has 0 radical (unpaired) electrons. The van der Waals surface area contributed by atoms with Crippen LogP contribution < -0.4 is 5.32 Å². The lowest BCUT2D eigenvalue weighted by Crippen LogP contribution is -2.27. The fraction of sp³-hybridized carbons (Fsp3) is 0.182. The summed E-state index contributed by atoms with van der Waals surface area (Å²) >= 11 is 2.36. The monoisotopic (exact) mass is 452 g/mol. The Morgan fingerprint density at radius 3 is 2.81 bits per heavy atom. The second-order valence-corrected chi connectivity index (χ2v) is 7.99. The van der Waals surface area contributed by atoms with Crippen molar-refractivity contribution in [1.29, 1.82) is 0 Å². The third kappa shape index (κ3) is 2.39. The predicted octanol–water partition coefficient (Wildman–Crippen LogP) is 5.51. The van der Waals surface area contributed by atoms with Gasteiger partial charge in [0.15, 0.2) is 5.78 Å². The van der Waals surface area contributed by atoms with Crippen LogP contribution in [-0.4, -0.2) is 10.8 Å². The molecule has 1 N–H and O–H groups in total. The average Bonchev–Trinajstić information content (AvgIpc) is 2.67. The largest absolute Gasteiger partial charge is 0.373 e. The molecule has 26 heavy (non-hydrogen) atoms. The predicted molar refractivity (Wildman–Crippen MR) is 113 cm³/mol. The molecule has 0 saturated heterocycles. The maximum absolute atomic E-state index is 13.0. The maximum Gasteiger partial charge on any atom is 0.161 e. The van der Waals surface area contributed by atoms with Crippen LogP contribution in [0.2, 0.25) is 0 Å². The summed E-state index contributed by atoms with van der Waals surface area (Å²) in [4.78, 5) is 17.5. The van der Waals surface area contributed by atoms with Gasteiger partial charge in [0.2, 0.25) is 0 Å². The number of carbonyl (C=O) groups excluding carboxylic acids is 1. The number of aromatic nitrogens is 1. The van der Waals surface area contributed by atoms with E-state index in [0.29, 0.717) is 6.42 Å². The molecule has 2 aromatic carbocycles. The van der Waals surface area contributed by atoms with E-state index in [1.807, 2.05) is 24.4 Å². The number of hydrogen-bond acceptors (Lipinski definition) is 3. The third-order valence-electron chi connectivity index (χ3n) is 5.35. The number of allylic oxidation sites excluding steroid dienone is 1. The highest BCUT2D eigenvalue weighted by Gasteiger charge is 2.35. The highest BCUT2D eigenvalue weighted by atomic mass is 127. The lowest BCUT2D eigenvalue weighted by atomic mass is 9.77. The lowest BCUT2D eigenvalue weighted by Gasteiger charge is -2.35. The van der Waals surface area contributed by atoms with Crippen LogP contribution in [0.3, 0.4) is 0 Å². The molecule has 0 unspecified atom stereocenters. The summed E-state index contributed by atoms with van der Waals surface area (Å²) in [6, 6.07) is 16.5. The molecule has 0 amide bonds. The van der Waals surface area contributed by atoms with E-state index in [1.54, 1.807) is 0 Å². The lowest BCUT2D eigenvalue weighted by molar-refractivity contribution is -0.116. The first-order valence-electron chi connectivity index (χ1n) is 8.89. The number of fused-ring (bicyclic) bond motifs is 4. The fourth-order valence-corrected chi connectivity index (χ4v) is 4.92. The number of benzene rings is 2. The summed E-state index contributed by atoms with van der Waals surface area (Å²) in [6.45, 7) is 0. The van der Waals surface area contributed by atoms with Gasteiger partial charge in [-0.25, -0.2) is 0 Å². The van der Waals surface area contributed by atoms with Crippen molar-refractivity contribution in [1.82, 2.24) is 4.98 Å². The van der Waals surface area contributed by atoms with Gasteiger partial charge in [0, 0.05) is 38.4 Å². The number of anilines is 1. The maximum atomic E-state index is 13.0. The number of pyridine rings is 1. The SMILES string of the molecule is O=C1CCCC2=C1[C@@H](c1ccccc1I)Nc1ccc3ncccc3c12. The Balaban J connectivity index is 1.81. The van der Waals surface area contributed by atoms with E-state index in [-0.39, 0.29) is 11.8 Å². The molecule has 1 aromatic heterocycles. The van der Waals surface area contributed by atoms with Crippen LogP contribution in [0, 0.1) is 3.57 Å². The topological polar surface area (TPSA) is 42.0 Å². The van der Waals surface area contributed by atoms with Crippen LogP contribution in [0.25, 0.3) is 16.5 Å². The number of nitrogens with one attached hydrogen (secondary N) is 1. The summed E-state index contributed by atoms with van der Waals surface area (Å²) in [7, 11) is 0. The van der Waals surface area contributed by atoms with Gasteiger partial charge in [0.05, 0.1) is 11.6 Å². The van der Waals surface area contributed by atoms with Gasteiger partial charge in [0.25, 0.3) is 0 Å². The van der Waals surface area contributed by atoms with Crippen molar-refractivity contribution >= 4 is 50.5 Å². The number of Topliss-reactive ketones (excluding diaryl/α,β-unsaturated/α-hetero) is 1. The van der Waals surface area contributed by atoms with Crippen LogP contribution in [0.1, 0.15) is 36.4 Å². The van der Waals surface area contributed by atoms with Crippen LogP contribution in [0.5, 0.6) is 0 Å². The second-order valence-electron chi connectivity index (χ2n) is 6.83. The first-order chi connectivity index (χ1) is 12.7. The van der Waals surface area contributed by atoms with Crippen molar-refractivity contribution in [3.05, 3.63) is 75.0 Å². The molecular weight excluding hydrogens is 435 g/mol. The molecule has 1 atom stereocenters. The van der Waals surface area contributed by atoms with Crippen molar-refractivity contribution in [2.24, 2.45) is 0 Å². The minimum atomic E-state index is -0.0764. The van der Waals surface area contributed by atoms with E-state index in [1.165, 1.54) is 20.3 Å². The van der Waals surface area contributed by atoms with Crippen LogP contribution in [0.4, 0.5) is 5.69 Å². The average molecular weight is 452 g/mol. The molecule has 1 aliphatic carbocycles. The Morgan fingerprint density at radius 2 is 1.92 bits per heavy atom. The number of carbonyl (C=O) groups is 1. The van der Waals surface area contributed by atoms with Gasteiger partial charge in [-0.3, -0.25) is 9.78 Å². The summed E-state index contributed by atoms with van der Waals surface area (Å²) < 4.78 is 1.18. The minimum absolute atomic E-state index is 0.0764. The van der Waals surface area contributed by atoms with Crippen LogP contribution >= 0.6 is 22.6 Å². The van der Waals surface area contributed by atoms with E-state index in [4.69, 9.17) is 0 Å². The van der Waals surface area contributed by atoms with Gasteiger partial charge in [-0.15, -0.1) is 0 Å².